The molecule has 3 heterocycles. The van der Waals surface area contributed by atoms with Gasteiger partial charge >= 0.3 is 0 Å². The Hall–Kier alpha value is -7.17. The molecule has 53 heavy (non-hydrogen) atoms. The Morgan fingerprint density at radius 2 is 0.943 bits per heavy atom. The Morgan fingerprint density at radius 3 is 1.64 bits per heavy atom. The van der Waals surface area contributed by atoms with E-state index in [1.54, 1.807) is 0 Å². The van der Waals surface area contributed by atoms with Crippen LogP contribution in [0.3, 0.4) is 0 Å². The zero-order valence-electron chi connectivity index (χ0n) is 28.5. The molecule has 246 valence electrons. The molecule has 0 aliphatic rings. The van der Waals surface area contributed by atoms with Gasteiger partial charge < -0.3 is 4.42 Å². The molecule has 8 aromatic carbocycles. The number of pyridine rings is 2. The standard InChI is InChI=1S/C49H29N3O/c1-3-13-34-30(11-1)25-40(38-17-7-5-15-36(34)38)32-21-23-44-43(27-32)41(33-22-24-46(50-29-33)49-52-45-19-9-10-20-48(45)53-49)28-47(51-44)42-26-31-12-2-4-14-35(31)37-16-6-8-18-39(37)42/h1-29H. The van der Waals surface area contributed by atoms with Crippen LogP contribution in [0.1, 0.15) is 0 Å². The summed E-state index contributed by atoms with van der Waals surface area (Å²) < 4.78 is 6.07. The fourth-order valence-corrected chi connectivity index (χ4v) is 7.99. The van der Waals surface area contributed by atoms with E-state index in [1.807, 2.05) is 36.5 Å². The van der Waals surface area contributed by atoms with Crippen LogP contribution in [0.5, 0.6) is 0 Å². The van der Waals surface area contributed by atoms with Crippen LogP contribution in [-0.4, -0.2) is 15.0 Å². The molecule has 0 aliphatic carbocycles. The second-order valence-electron chi connectivity index (χ2n) is 13.6. The lowest BCUT2D eigenvalue weighted by atomic mass is 9.90. The molecule has 4 nitrogen and oxygen atoms in total. The number of hydrogen-bond donors (Lipinski definition) is 0. The second kappa shape index (κ2) is 11.7. The van der Waals surface area contributed by atoms with Gasteiger partial charge in [-0.25, -0.2) is 9.97 Å². The predicted octanol–water partition coefficient (Wildman–Crippen LogP) is 13.1. The molecule has 4 heteroatoms. The van der Waals surface area contributed by atoms with E-state index >= 15 is 0 Å². The van der Waals surface area contributed by atoms with Crippen LogP contribution in [0.15, 0.2) is 180 Å². The SMILES string of the molecule is c1ccc2c(c1)cc(-c1ccc3nc(-c4cc5ccccc5c5ccccc45)cc(-c4ccc(-c5nc6ccccc6o5)nc4)c3c1)c1ccccc12. The molecule has 0 N–H and O–H groups in total. The lowest BCUT2D eigenvalue weighted by molar-refractivity contribution is 0.617. The molecule has 0 unspecified atom stereocenters. The highest BCUT2D eigenvalue weighted by atomic mass is 16.3. The van der Waals surface area contributed by atoms with Gasteiger partial charge in [0.15, 0.2) is 5.58 Å². The van der Waals surface area contributed by atoms with Crippen molar-refractivity contribution in [2.24, 2.45) is 0 Å². The highest BCUT2D eigenvalue weighted by Crippen LogP contribution is 2.41. The van der Waals surface area contributed by atoms with Crippen molar-refractivity contribution in [3.8, 4) is 45.1 Å². The van der Waals surface area contributed by atoms with Gasteiger partial charge in [-0.05, 0) is 108 Å². The molecule has 11 rings (SSSR count). The van der Waals surface area contributed by atoms with Gasteiger partial charge in [0.2, 0.25) is 5.89 Å². The zero-order chi connectivity index (χ0) is 34.9. The van der Waals surface area contributed by atoms with Gasteiger partial charge in [-0.1, -0.05) is 121 Å². The quantitative estimate of drug-likeness (QED) is 0.174. The summed E-state index contributed by atoms with van der Waals surface area (Å²) >= 11 is 0. The summed E-state index contributed by atoms with van der Waals surface area (Å²) in [5.74, 6) is 0.506. The molecule has 0 radical (unpaired) electrons. The van der Waals surface area contributed by atoms with E-state index in [4.69, 9.17) is 19.4 Å². The van der Waals surface area contributed by atoms with Crippen molar-refractivity contribution in [2.75, 3.05) is 0 Å². The molecule has 0 amide bonds. The van der Waals surface area contributed by atoms with E-state index in [2.05, 4.69) is 140 Å². The van der Waals surface area contributed by atoms with Gasteiger partial charge in [0, 0.05) is 22.7 Å². The molecule has 0 aliphatic heterocycles. The van der Waals surface area contributed by atoms with Gasteiger partial charge in [-0.2, -0.15) is 0 Å². The minimum atomic E-state index is 0.506. The summed E-state index contributed by atoms with van der Waals surface area (Å²) in [7, 11) is 0. The summed E-state index contributed by atoms with van der Waals surface area (Å²) in [5.41, 5.74) is 9.58. The molecular formula is C49H29N3O. The average molecular weight is 676 g/mol. The normalized spacial score (nSPS) is 11.8. The van der Waals surface area contributed by atoms with Gasteiger partial charge in [0.05, 0.1) is 11.2 Å². The van der Waals surface area contributed by atoms with E-state index in [0.717, 1.165) is 50.0 Å². The predicted molar refractivity (Wildman–Crippen MR) is 219 cm³/mol. The smallest absolute Gasteiger partial charge is 0.246 e. The summed E-state index contributed by atoms with van der Waals surface area (Å²) in [6.45, 7) is 0. The van der Waals surface area contributed by atoms with E-state index in [-0.39, 0.29) is 0 Å². The Kier molecular flexibility index (Phi) is 6.52. The highest BCUT2D eigenvalue weighted by Gasteiger charge is 2.17. The summed E-state index contributed by atoms with van der Waals surface area (Å²) in [5, 5.41) is 10.8. The monoisotopic (exact) mass is 675 g/mol. The summed E-state index contributed by atoms with van der Waals surface area (Å²) in [4.78, 5) is 15.0. The van der Waals surface area contributed by atoms with Crippen molar-refractivity contribution in [1.82, 2.24) is 15.0 Å². The molecule has 0 spiro atoms. The zero-order valence-corrected chi connectivity index (χ0v) is 28.5. The fraction of sp³-hybridized carbons (Fsp3) is 0. The maximum atomic E-state index is 6.07. The van der Waals surface area contributed by atoms with Gasteiger partial charge in [0.25, 0.3) is 0 Å². The third kappa shape index (κ3) is 4.80. The Morgan fingerprint density at radius 1 is 0.358 bits per heavy atom. The minimum absolute atomic E-state index is 0.506. The van der Waals surface area contributed by atoms with Crippen LogP contribution >= 0.6 is 0 Å². The van der Waals surface area contributed by atoms with Crippen molar-refractivity contribution in [3.05, 3.63) is 176 Å². The van der Waals surface area contributed by atoms with Crippen molar-refractivity contribution in [1.29, 1.82) is 0 Å². The molecule has 11 aromatic rings. The fourth-order valence-electron chi connectivity index (χ4n) is 7.99. The van der Waals surface area contributed by atoms with Crippen LogP contribution in [0.2, 0.25) is 0 Å². The maximum Gasteiger partial charge on any atom is 0.246 e. The summed E-state index contributed by atoms with van der Waals surface area (Å²) in [6.07, 6.45) is 1.93. The van der Waals surface area contributed by atoms with E-state index < -0.39 is 0 Å². The number of nitrogens with zero attached hydrogens (tertiary/aromatic N) is 3. The van der Waals surface area contributed by atoms with Gasteiger partial charge in [-0.3, -0.25) is 4.98 Å². The van der Waals surface area contributed by atoms with E-state index in [9.17, 15) is 0 Å². The number of benzene rings is 8. The molecular weight excluding hydrogens is 647 g/mol. The first-order valence-electron chi connectivity index (χ1n) is 17.8. The van der Waals surface area contributed by atoms with Crippen LogP contribution in [0, 0.1) is 0 Å². The first-order chi connectivity index (χ1) is 26.2. The number of para-hydroxylation sites is 2. The van der Waals surface area contributed by atoms with Crippen LogP contribution in [-0.2, 0) is 0 Å². The Bertz CT molecular complexity index is 3200. The topological polar surface area (TPSA) is 51.8 Å². The van der Waals surface area contributed by atoms with Crippen molar-refractivity contribution in [2.45, 2.75) is 0 Å². The second-order valence-corrected chi connectivity index (χ2v) is 13.6. The van der Waals surface area contributed by atoms with Crippen LogP contribution in [0.25, 0.3) is 110 Å². The van der Waals surface area contributed by atoms with Gasteiger partial charge in [-0.15, -0.1) is 0 Å². The van der Waals surface area contributed by atoms with E-state index in [1.165, 1.54) is 48.7 Å². The number of fused-ring (bicyclic) bond motifs is 8. The molecule has 3 aromatic heterocycles. The van der Waals surface area contributed by atoms with Crippen molar-refractivity contribution in [3.63, 3.8) is 0 Å². The average Bonchev–Trinajstić information content (AvgIpc) is 3.67. The summed E-state index contributed by atoms with van der Waals surface area (Å²) in [6, 6.07) is 60.0. The molecule has 0 saturated carbocycles. The van der Waals surface area contributed by atoms with Crippen molar-refractivity contribution < 1.29 is 4.42 Å². The number of oxazole rings is 1. The third-order valence-electron chi connectivity index (χ3n) is 10.5. The first kappa shape index (κ1) is 29.5. The molecule has 0 fully saturated rings. The van der Waals surface area contributed by atoms with Crippen LogP contribution < -0.4 is 0 Å². The highest BCUT2D eigenvalue weighted by molar-refractivity contribution is 6.16. The molecule has 0 bridgehead atoms. The molecule has 0 atom stereocenters. The largest absolute Gasteiger partial charge is 0.435 e. The lowest BCUT2D eigenvalue weighted by Crippen LogP contribution is -1.94. The Balaban J connectivity index is 1.15. The maximum absolute atomic E-state index is 6.07. The van der Waals surface area contributed by atoms with Gasteiger partial charge in [0.1, 0.15) is 11.2 Å². The first-order valence-corrected chi connectivity index (χ1v) is 17.8. The number of hydrogen-bond acceptors (Lipinski definition) is 4. The number of rotatable bonds is 4. The van der Waals surface area contributed by atoms with E-state index in [0.29, 0.717) is 11.6 Å². The van der Waals surface area contributed by atoms with Crippen molar-refractivity contribution >= 4 is 65.1 Å². The van der Waals surface area contributed by atoms with Crippen LogP contribution in [0.4, 0.5) is 0 Å². The lowest BCUT2D eigenvalue weighted by Gasteiger charge is -2.16. The Labute approximate surface area is 304 Å². The third-order valence-corrected chi connectivity index (χ3v) is 10.5. The number of aromatic nitrogens is 3. The molecule has 0 saturated heterocycles. The minimum Gasteiger partial charge on any atom is -0.435 e.